The van der Waals surface area contributed by atoms with Crippen molar-refractivity contribution in [1.29, 1.82) is 0 Å². The fourth-order valence-electron chi connectivity index (χ4n) is 2.65. The smallest absolute Gasteiger partial charge is 0.0927 e. The zero-order chi connectivity index (χ0) is 12.7. The van der Waals surface area contributed by atoms with E-state index in [-0.39, 0.29) is 0 Å². The molecule has 94 valence electrons. The molecule has 1 aliphatic carbocycles. The van der Waals surface area contributed by atoms with E-state index in [4.69, 9.17) is 28.2 Å². The van der Waals surface area contributed by atoms with Crippen molar-refractivity contribution in [3.63, 3.8) is 0 Å². The van der Waals surface area contributed by atoms with Crippen molar-refractivity contribution in [2.45, 2.75) is 26.2 Å². The molecule has 2 nitrogen and oxygen atoms in total. The Morgan fingerprint density at radius 1 is 1.28 bits per heavy atom. The summed E-state index contributed by atoms with van der Waals surface area (Å²) in [4.78, 5) is 4.70. The minimum atomic E-state index is 0.558. The van der Waals surface area contributed by atoms with Gasteiger partial charge in [-0.15, -0.1) is 0 Å². The van der Waals surface area contributed by atoms with Crippen molar-refractivity contribution in [2.75, 3.05) is 11.9 Å². The molecule has 0 spiro atoms. The van der Waals surface area contributed by atoms with Gasteiger partial charge in [0, 0.05) is 23.3 Å². The minimum absolute atomic E-state index is 0.558. The molecule has 0 atom stereocenters. The fourth-order valence-corrected chi connectivity index (χ4v) is 3.01. The molecule has 0 saturated carbocycles. The fraction of sp³-hybridized carbons (Fsp3) is 0.357. The van der Waals surface area contributed by atoms with Gasteiger partial charge in [0.05, 0.1) is 15.6 Å². The zero-order valence-corrected chi connectivity index (χ0v) is 11.7. The van der Waals surface area contributed by atoms with Crippen LogP contribution < -0.4 is 5.32 Å². The number of aryl methyl sites for hydroxylation is 1. The minimum Gasteiger partial charge on any atom is -0.384 e. The van der Waals surface area contributed by atoms with E-state index in [9.17, 15) is 0 Å². The van der Waals surface area contributed by atoms with Crippen molar-refractivity contribution in [3.8, 4) is 0 Å². The van der Waals surface area contributed by atoms with Gasteiger partial charge in [-0.3, -0.25) is 4.98 Å². The van der Waals surface area contributed by atoms with E-state index >= 15 is 0 Å². The average molecular weight is 281 g/mol. The number of rotatable bonds is 2. The van der Waals surface area contributed by atoms with Crippen LogP contribution in [0.1, 0.15) is 24.6 Å². The summed E-state index contributed by atoms with van der Waals surface area (Å²) in [6, 6.07) is 3.85. The van der Waals surface area contributed by atoms with Crippen LogP contribution in [0.4, 0.5) is 5.69 Å². The van der Waals surface area contributed by atoms with Crippen molar-refractivity contribution in [1.82, 2.24) is 4.98 Å². The van der Waals surface area contributed by atoms with Gasteiger partial charge in [-0.1, -0.05) is 23.2 Å². The molecule has 1 N–H and O–H groups in total. The van der Waals surface area contributed by atoms with Gasteiger partial charge in [0.2, 0.25) is 0 Å². The summed E-state index contributed by atoms with van der Waals surface area (Å²) in [6.07, 6.45) is 3.30. The lowest BCUT2D eigenvalue weighted by atomic mass is 10.1. The second-order valence-corrected chi connectivity index (χ2v) is 5.34. The van der Waals surface area contributed by atoms with Gasteiger partial charge < -0.3 is 5.32 Å². The monoisotopic (exact) mass is 280 g/mol. The van der Waals surface area contributed by atoms with E-state index in [1.807, 2.05) is 12.1 Å². The number of benzene rings is 1. The first kappa shape index (κ1) is 12.1. The van der Waals surface area contributed by atoms with E-state index in [2.05, 4.69) is 12.2 Å². The number of hydrogen-bond acceptors (Lipinski definition) is 2. The van der Waals surface area contributed by atoms with Crippen molar-refractivity contribution < 1.29 is 0 Å². The molecule has 2 aromatic rings. The molecule has 3 rings (SSSR count). The molecule has 0 saturated heterocycles. The first-order valence-corrected chi connectivity index (χ1v) is 7.01. The van der Waals surface area contributed by atoms with Crippen molar-refractivity contribution in [2.24, 2.45) is 0 Å². The van der Waals surface area contributed by atoms with Crippen LogP contribution in [-0.2, 0) is 12.8 Å². The molecule has 0 radical (unpaired) electrons. The van der Waals surface area contributed by atoms with Crippen LogP contribution in [-0.4, -0.2) is 11.5 Å². The summed E-state index contributed by atoms with van der Waals surface area (Å²) in [6.45, 7) is 3.00. The van der Waals surface area contributed by atoms with Gasteiger partial charge in [-0.25, -0.2) is 0 Å². The second-order valence-electron chi connectivity index (χ2n) is 4.55. The lowest BCUT2D eigenvalue weighted by molar-refractivity contribution is 0.901. The number of nitrogens with one attached hydrogen (secondary N) is 1. The Labute approximate surface area is 116 Å². The summed E-state index contributed by atoms with van der Waals surface area (Å²) in [5.41, 5.74) is 4.53. The first-order valence-electron chi connectivity index (χ1n) is 6.25. The summed E-state index contributed by atoms with van der Waals surface area (Å²) in [5, 5.41) is 5.66. The Kier molecular flexibility index (Phi) is 3.08. The van der Waals surface area contributed by atoms with Gasteiger partial charge in [0.25, 0.3) is 0 Å². The highest BCUT2D eigenvalue weighted by molar-refractivity contribution is 6.45. The first-order chi connectivity index (χ1) is 8.72. The van der Waals surface area contributed by atoms with Gasteiger partial charge in [-0.2, -0.15) is 0 Å². The van der Waals surface area contributed by atoms with E-state index in [0.29, 0.717) is 10.0 Å². The standard InChI is InChI=1S/C14H14Cl2N2/c1-2-17-13-8-4-3-5-11(8)18-14-9(13)6-7-10(15)12(14)16/h6-7H,2-5H2,1H3,(H,17,18). The number of halogens is 2. The normalized spacial score (nSPS) is 13.9. The van der Waals surface area contributed by atoms with Crippen molar-refractivity contribution >= 4 is 39.8 Å². The molecule has 0 bridgehead atoms. The highest BCUT2D eigenvalue weighted by Gasteiger charge is 2.20. The van der Waals surface area contributed by atoms with Crippen LogP contribution in [0.15, 0.2) is 12.1 Å². The molecule has 1 aromatic carbocycles. The molecule has 1 heterocycles. The van der Waals surface area contributed by atoms with Crippen LogP contribution in [0.2, 0.25) is 10.0 Å². The maximum atomic E-state index is 6.28. The molecule has 0 amide bonds. The largest absolute Gasteiger partial charge is 0.384 e. The molecule has 18 heavy (non-hydrogen) atoms. The Balaban J connectivity index is 2.37. The van der Waals surface area contributed by atoms with Crippen LogP contribution in [0.3, 0.4) is 0 Å². The number of hydrogen-bond donors (Lipinski definition) is 1. The molecule has 1 aliphatic rings. The second kappa shape index (κ2) is 4.60. The molecule has 4 heteroatoms. The van der Waals surface area contributed by atoms with Crippen LogP contribution >= 0.6 is 23.2 Å². The number of aromatic nitrogens is 1. The maximum Gasteiger partial charge on any atom is 0.0927 e. The predicted molar refractivity (Wildman–Crippen MR) is 78.0 cm³/mol. The summed E-state index contributed by atoms with van der Waals surface area (Å²) in [7, 11) is 0. The Hall–Kier alpha value is -0.990. The zero-order valence-electron chi connectivity index (χ0n) is 10.2. The highest BCUT2D eigenvalue weighted by atomic mass is 35.5. The molecule has 0 fully saturated rings. The SMILES string of the molecule is CCNc1c2c(nc3c(Cl)c(Cl)ccc13)CCC2. The van der Waals surface area contributed by atoms with E-state index in [1.165, 1.54) is 23.4 Å². The average Bonchev–Trinajstić information content (AvgIpc) is 2.82. The number of nitrogens with zero attached hydrogens (tertiary/aromatic N) is 1. The van der Waals surface area contributed by atoms with Crippen molar-refractivity contribution in [3.05, 3.63) is 33.4 Å². The number of pyridine rings is 1. The highest BCUT2D eigenvalue weighted by Crippen LogP contribution is 2.38. The molecule has 0 aliphatic heterocycles. The third-order valence-electron chi connectivity index (χ3n) is 3.43. The van der Waals surface area contributed by atoms with Gasteiger partial charge in [-0.05, 0) is 43.9 Å². The lowest BCUT2D eigenvalue weighted by Crippen LogP contribution is -2.03. The number of fused-ring (bicyclic) bond motifs is 2. The summed E-state index contributed by atoms with van der Waals surface area (Å²) < 4.78 is 0. The number of anilines is 1. The van der Waals surface area contributed by atoms with Crippen LogP contribution in [0.25, 0.3) is 10.9 Å². The van der Waals surface area contributed by atoms with E-state index in [1.54, 1.807) is 0 Å². The molecular formula is C14H14Cl2N2. The van der Waals surface area contributed by atoms with E-state index in [0.717, 1.165) is 30.3 Å². The van der Waals surface area contributed by atoms with Gasteiger partial charge in [0.1, 0.15) is 0 Å². The Morgan fingerprint density at radius 3 is 2.89 bits per heavy atom. The third-order valence-corrected chi connectivity index (χ3v) is 4.22. The quantitative estimate of drug-likeness (QED) is 0.879. The topological polar surface area (TPSA) is 24.9 Å². The third kappa shape index (κ3) is 1.75. The molecular weight excluding hydrogens is 267 g/mol. The summed E-state index contributed by atoms with van der Waals surface area (Å²) >= 11 is 12.4. The lowest BCUT2D eigenvalue weighted by Gasteiger charge is -2.14. The van der Waals surface area contributed by atoms with E-state index < -0.39 is 0 Å². The maximum absolute atomic E-state index is 6.28. The molecule has 1 aromatic heterocycles. The van der Waals surface area contributed by atoms with Crippen LogP contribution in [0.5, 0.6) is 0 Å². The predicted octanol–water partition coefficient (Wildman–Crippen LogP) is 4.46. The van der Waals surface area contributed by atoms with Gasteiger partial charge in [0.15, 0.2) is 0 Å². The Morgan fingerprint density at radius 2 is 2.11 bits per heavy atom. The Bertz CT molecular complexity index is 623. The summed E-state index contributed by atoms with van der Waals surface area (Å²) in [5.74, 6) is 0. The van der Waals surface area contributed by atoms with Crippen LogP contribution in [0, 0.1) is 0 Å². The molecule has 0 unspecified atom stereocenters. The van der Waals surface area contributed by atoms with Gasteiger partial charge >= 0.3 is 0 Å².